The first kappa shape index (κ1) is 16.1. The van der Waals surface area contributed by atoms with Gasteiger partial charge < -0.3 is 19.7 Å². The van der Waals surface area contributed by atoms with Crippen molar-refractivity contribution in [3.63, 3.8) is 0 Å². The van der Waals surface area contributed by atoms with Crippen LogP contribution >= 0.6 is 0 Å². The maximum Gasteiger partial charge on any atom is 0.229 e. The summed E-state index contributed by atoms with van der Waals surface area (Å²) in [5.41, 5.74) is 5.07. The zero-order chi connectivity index (χ0) is 14.5. The first-order valence-corrected chi connectivity index (χ1v) is 6.55. The van der Waals surface area contributed by atoms with Crippen LogP contribution in [-0.4, -0.2) is 36.1 Å². The molecule has 0 aliphatic heterocycles. The minimum atomic E-state index is -0.742. The molecule has 1 atom stereocenters. The van der Waals surface area contributed by atoms with Crippen molar-refractivity contribution in [2.45, 2.75) is 51.7 Å². The summed E-state index contributed by atoms with van der Waals surface area (Å²) in [5.74, 6) is 0.986. The van der Waals surface area contributed by atoms with Crippen LogP contribution in [0.5, 0.6) is 0 Å². The Bertz CT molecular complexity index is 388. The number of aromatic nitrogens is 2. The van der Waals surface area contributed by atoms with E-state index in [4.69, 9.17) is 19.7 Å². The van der Waals surface area contributed by atoms with Crippen molar-refractivity contribution in [1.29, 1.82) is 0 Å². The van der Waals surface area contributed by atoms with Gasteiger partial charge in [0, 0.05) is 13.7 Å². The standard InChI is InChI=1S/C13H25N3O3/c1-6-7-18-9-13(4,14)11-15-10(19-16-11)8-12(2,3)17-5/h6-9,14H2,1-5H3. The first-order chi connectivity index (χ1) is 8.80. The van der Waals surface area contributed by atoms with E-state index in [1.165, 1.54) is 0 Å². The highest BCUT2D eigenvalue weighted by Crippen LogP contribution is 2.19. The molecule has 0 aromatic carbocycles. The highest BCUT2D eigenvalue weighted by atomic mass is 16.5. The number of methoxy groups -OCH3 is 1. The summed E-state index contributed by atoms with van der Waals surface area (Å²) in [7, 11) is 1.66. The average Bonchev–Trinajstić information content (AvgIpc) is 2.78. The van der Waals surface area contributed by atoms with Crippen molar-refractivity contribution in [2.24, 2.45) is 5.73 Å². The van der Waals surface area contributed by atoms with Crippen LogP contribution in [0.4, 0.5) is 0 Å². The SMILES string of the molecule is CCCOCC(C)(N)c1noc(CC(C)(C)OC)n1. The Morgan fingerprint density at radius 1 is 1.32 bits per heavy atom. The first-order valence-electron chi connectivity index (χ1n) is 6.55. The van der Waals surface area contributed by atoms with Gasteiger partial charge in [0.15, 0.2) is 5.82 Å². The summed E-state index contributed by atoms with van der Waals surface area (Å²) in [6.07, 6.45) is 1.50. The van der Waals surface area contributed by atoms with Gasteiger partial charge in [-0.1, -0.05) is 12.1 Å². The minimum absolute atomic E-state index is 0.340. The smallest absolute Gasteiger partial charge is 0.229 e. The van der Waals surface area contributed by atoms with Crippen molar-refractivity contribution < 1.29 is 14.0 Å². The molecule has 110 valence electrons. The predicted molar refractivity (Wildman–Crippen MR) is 71.7 cm³/mol. The van der Waals surface area contributed by atoms with E-state index in [1.807, 2.05) is 27.7 Å². The van der Waals surface area contributed by atoms with Crippen molar-refractivity contribution >= 4 is 0 Å². The normalized spacial score (nSPS) is 15.5. The summed E-state index contributed by atoms with van der Waals surface area (Å²) in [6.45, 7) is 8.85. The third-order valence-corrected chi connectivity index (χ3v) is 2.86. The number of ether oxygens (including phenoxy) is 2. The molecule has 0 radical (unpaired) electrons. The van der Waals surface area contributed by atoms with Crippen molar-refractivity contribution in [1.82, 2.24) is 10.1 Å². The van der Waals surface area contributed by atoms with E-state index in [0.717, 1.165) is 6.42 Å². The van der Waals surface area contributed by atoms with Gasteiger partial charge in [-0.2, -0.15) is 4.98 Å². The molecule has 0 aliphatic carbocycles. The van der Waals surface area contributed by atoms with Gasteiger partial charge in [-0.25, -0.2) is 0 Å². The molecule has 1 aromatic rings. The van der Waals surface area contributed by atoms with Crippen LogP contribution in [0.15, 0.2) is 4.52 Å². The Morgan fingerprint density at radius 3 is 2.58 bits per heavy atom. The number of nitrogens with zero attached hydrogens (tertiary/aromatic N) is 2. The molecule has 0 bridgehead atoms. The summed E-state index contributed by atoms with van der Waals surface area (Å²) in [4.78, 5) is 4.33. The molecule has 0 aliphatic rings. The Kier molecular flexibility index (Phi) is 5.46. The van der Waals surface area contributed by atoms with E-state index in [9.17, 15) is 0 Å². The topological polar surface area (TPSA) is 83.4 Å². The Morgan fingerprint density at radius 2 is 2.00 bits per heavy atom. The lowest BCUT2D eigenvalue weighted by Gasteiger charge is -2.21. The second kappa shape index (κ2) is 6.45. The number of hydrogen-bond acceptors (Lipinski definition) is 6. The van der Waals surface area contributed by atoms with Crippen LogP contribution in [0.3, 0.4) is 0 Å². The maximum absolute atomic E-state index is 6.15. The van der Waals surface area contributed by atoms with Gasteiger partial charge in [0.2, 0.25) is 5.89 Å². The van der Waals surface area contributed by atoms with Gasteiger partial charge in [-0.15, -0.1) is 0 Å². The van der Waals surface area contributed by atoms with Gasteiger partial charge in [0.1, 0.15) is 5.54 Å². The van der Waals surface area contributed by atoms with Crippen molar-refractivity contribution in [3.05, 3.63) is 11.7 Å². The van der Waals surface area contributed by atoms with Crippen LogP contribution in [0.25, 0.3) is 0 Å². The van der Waals surface area contributed by atoms with E-state index in [-0.39, 0.29) is 5.60 Å². The predicted octanol–water partition coefficient (Wildman–Crippen LogP) is 1.64. The average molecular weight is 271 g/mol. The number of rotatable bonds is 8. The van der Waals surface area contributed by atoms with Gasteiger partial charge in [0.25, 0.3) is 0 Å². The molecule has 1 aromatic heterocycles. The monoisotopic (exact) mass is 271 g/mol. The zero-order valence-electron chi connectivity index (χ0n) is 12.5. The van der Waals surface area contributed by atoms with E-state index >= 15 is 0 Å². The molecular weight excluding hydrogens is 246 g/mol. The molecule has 1 unspecified atom stereocenters. The molecule has 2 N–H and O–H groups in total. The van der Waals surface area contributed by atoms with Crippen LogP contribution in [0.1, 0.15) is 45.8 Å². The highest BCUT2D eigenvalue weighted by molar-refractivity contribution is 5.02. The molecular formula is C13H25N3O3. The van der Waals surface area contributed by atoms with Gasteiger partial charge in [0.05, 0.1) is 18.6 Å². The molecule has 19 heavy (non-hydrogen) atoms. The van der Waals surface area contributed by atoms with Gasteiger partial charge in [-0.3, -0.25) is 0 Å². The fourth-order valence-corrected chi connectivity index (χ4v) is 1.49. The molecule has 0 saturated carbocycles. The Labute approximate surface area is 114 Å². The number of nitrogens with two attached hydrogens (primary N) is 1. The lowest BCUT2D eigenvalue weighted by molar-refractivity contribution is 0.0170. The summed E-state index contributed by atoms with van der Waals surface area (Å²) in [5, 5.41) is 3.94. The van der Waals surface area contributed by atoms with Gasteiger partial charge in [-0.05, 0) is 27.2 Å². The Balaban J connectivity index is 2.67. The second-order valence-electron chi connectivity index (χ2n) is 5.62. The van der Waals surface area contributed by atoms with Crippen LogP contribution in [0.2, 0.25) is 0 Å². The molecule has 1 rings (SSSR count). The summed E-state index contributed by atoms with van der Waals surface area (Å²) >= 11 is 0. The molecule has 6 nitrogen and oxygen atoms in total. The summed E-state index contributed by atoms with van der Waals surface area (Å²) < 4.78 is 16.0. The zero-order valence-corrected chi connectivity index (χ0v) is 12.5. The van der Waals surface area contributed by atoms with Crippen molar-refractivity contribution in [3.8, 4) is 0 Å². The van der Waals surface area contributed by atoms with Crippen LogP contribution in [0, 0.1) is 0 Å². The van der Waals surface area contributed by atoms with E-state index in [0.29, 0.717) is 31.3 Å². The van der Waals surface area contributed by atoms with E-state index in [2.05, 4.69) is 10.1 Å². The number of hydrogen-bond donors (Lipinski definition) is 1. The molecule has 0 amide bonds. The Hall–Kier alpha value is -0.980. The molecule has 0 fully saturated rings. The quantitative estimate of drug-likeness (QED) is 0.724. The molecule has 6 heteroatoms. The van der Waals surface area contributed by atoms with Crippen LogP contribution < -0.4 is 5.73 Å². The molecule has 1 heterocycles. The minimum Gasteiger partial charge on any atom is -0.379 e. The third kappa shape index (κ3) is 4.89. The maximum atomic E-state index is 6.15. The molecule has 0 spiro atoms. The van der Waals surface area contributed by atoms with Crippen molar-refractivity contribution in [2.75, 3.05) is 20.3 Å². The largest absolute Gasteiger partial charge is 0.379 e. The summed E-state index contributed by atoms with van der Waals surface area (Å²) in [6, 6.07) is 0. The lowest BCUT2D eigenvalue weighted by atomic mass is 10.0. The van der Waals surface area contributed by atoms with E-state index < -0.39 is 5.54 Å². The lowest BCUT2D eigenvalue weighted by Crippen LogP contribution is -2.39. The second-order valence-corrected chi connectivity index (χ2v) is 5.62. The fourth-order valence-electron chi connectivity index (χ4n) is 1.49. The fraction of sp³-hybridized carbons (Fsp3) is 0.846. The molecule has 0 saturated heterocycles. The highest BCUT2D eigenvalue weighted by Gasteiger charge is 2.29. The van der Waals surface area contributed by atoms with Gasteiger partial charge >= 0.3 is 0 Å². The third-order valence-electron chi connectivity index (χ3n) is 2.86. The van der Waals surface area contributed by atoms with E-state index in [1.54, 1.807) is 7.11 Å². The van der Waals surface area contributed by atoms with Crippen LogP contribution in [-0.2, 0) is 21.4 Å².